The van der Waals surface area contributed by atoms with Crippen LogP contribution in [-0.2, 0) is 6.67 Å². The van der Waals surface area contributed by atoms with Crippen molar-refractivity contribution in [2.24, 2.45) is 4.99 Å². The smallest absolute Gasteiger partial charge is 0.271 e. The zero-order valence-electron chi connectivity index (χ0n) is 13.2. The highest BCUT2D eigenvalue weighted by Crippen LogP contribution is 2.16. The Morgan fingerprint density at radius 2 is 2.00 bits per heavy atom. The van der Waals surface area contributed by atoms with Gasteiger partial charge in [0.1, 0.15) is 13.3 Å². The lowest BCUT2D eigenvalue weighted by Gasteiger charge is -2.25. The standard InChI is InChI=1S/C18H16N4OS/c1-13-5-7-15(8-6-13)21-11-20-18-22(12-21)17(23)16(24-18)10-14-4-2-3-9-19-14/h2-10H,11-12H2,1H3/b16-10-. The maximum Gasteiger partial charge on any atom is 0.271 e. The van der Waals surface area contributed by atoms with Gasteiger partial charge in [0.2, 0.25) is 0 Å². The van der Waals surface area contributed by atoms with Gasteiger partial charge in [0, 0.05) is 11.9 Å². The Morgan fingerprint density at radius 1 is 1.17 bits per heavy atom. The fraction of sp³-hybridized carbons (Fsp3) is 0.167. The highest BCUT2D eigenvalue weighted by Gasteiger charge is 2.15. The van der Waals surface area contributed by atoms with Crippen molar-refractivity contribution in [3.8, 4) is 0 Å². The molecule has 1 aromatic carbocycles. The van der Waals surface area contributed by atoms with E-state index in [1.54, 1.807) is 10.8 Å². The first-order valence-electron chi connectivity index (χ1n) is 7.69. The molecule has 0 fully saturated rings. The van der Waals surface area contributed by atoms with Crippen LogP contribution in [0.15, 0.2) is 58.4 Å². The summed E-state index contributed by atoms with van der Waals surface area (Å²) in [5.74, 6) is 0. The zero-order chi connectivity index (χ0) is 16.5. The van der Waals surface area contributed by atoms with Gasteiger partial charge >= 0.3 is 0 Å². The molecule has 0 N–H and O–H groups in total. The molecule has 1 aliphatic rings. The van der Waals surface area contributed by atoms with Crippen LogP contribution in [0.2, 0.25) is 0 Å². The number of pyridine rings is 1. The summed E-state index contributed by atoms with van der Waals surface area (Å²) in [6, 6.07) is 13.9. The number of fused-ring (bicyclic) bond motifs is 1. The Bertz CT molecular complexity index is 1040. The fourth-order valence-corrected chi connectivity index (χ4v) is 3.57. The van der Waals surface area contributed by atoms with E-state index >= 15 is 0 Å². The summed E-state index contributed by atoms with van der Waals surface area (Å²) >= 11 is 1.42. The average molecular weight is 336 g/mol. The Balaban J connectivity index is 1.71. The van der Waals surface area contributed by atoms with E-state index in [1.807, 2.05) is 24.3 Å². The molecular formula is C18H16N4OS. The molecule has 0 atom stereocenters. The van der Waals surface area contributed by atoms with Crippen LogP contribution in [-0.4, -0.2) is 16.2 Å². The third kappa shape index (κ3) is 2.76. The van der Waals surface area contributed by atoms with Crippen LogP contribution >= 0.6 is 11.3 Å². The van der Waals surface area contributed by atoms with Gasteiger partial charge in [-0.15, -0.1) is 0 Å². The van der Waals surface area contributed by atoms with E-state index in [0.29, 0.717) is 17.9 Å². The van der Waals surface area contributed by atoms with Crippen molar-refractivity contribution in [1.29, 1.82) is 0 Å². The van der Waals surface area contributed by atoms with Gasteiger partial charge in [-0.05, 0) is 37.3 Å². The van der Waals surface area contributed by atoms with Gasteiger partial charge in [0.25, 0.3) is 5.56 Å². The van der Waals surface area contributed by atoms with Crippen molar-refractivity contribution in [3.05, 3.63) is 79.6 Å². The van der Waals surface area contributed by atoms with Crippen LogP contribution < -0.4 is 19.8 Å². The van der Waals surface area contributed by atoms with Gasteiger partial charge in [-0.1, -0.05) is 35.1 Å². The minimum absolute atomic E-state index is 0.0128. The fourth-order valence-electron chi connectivity index (χ4n) is 2.63. The highest BCUT2D eigenvalue weighted by molar-refractivity contribution is 7.07. The summed E-state index contributed by atoms with van der Waals surface area (Å²) in [6.45, 7) is 3.14. The van der Waals surface area contributed by atoms with E-state index in [-0.39, 0.29) is 5.56 Å². The number of anilines is 1. The Labute approximate surface area is 142 Å². The molecule has 120 valence electrons. The molecule has 0 aliphatic carbocycles. The number of aromatic nitrogens is 2. The normalized spacial score (nSPS) is 14.4. The van der Waals surface area contributed by atoms with E-state index in [0.717, 1.165) is 16.2 Å². The third-order valence-electron chi connectivity index (χ3n) is 3.94. The Kier molecular flexibility index (Phi) is 3.74. The first-order valence-corrected chi connectivity index (χ1v) is 8.51. The second-order valence-corrected chi connectivity index (χ2v) is 6.71. The molecule has 1 aliphatic heterocycles. The van der Waals surface area contributed by atoms with Crippen molar-refractivity contribution < 1.29 is 0 Å². The molecule has 6 heteroatoms. The number of benzene rings is 1. The SMILES string of the molecule is Cc1ccc(N2CN=c3s/c(=C\c4ccccn4)c(=O)n3C2)cc1. The monoisotopic (exact) mass is 336 g/mol. The summed E-state index contributed by atoms with van der Waals surface area (Å²) in [4.78, 5) is 24.4. The predicted molar refractivity (Wildman–Crippen MR) is 95.7 cm³/mol. The van der Waals surface area contributed by atoms with Crippen molar-refractivity contribution in [3.63, 3.8) is 0 Å². The molecule has 3 heterocycles. The molecule has 0 radical (unpaired) electrons. The van der Waals surface area contributed by atoms with Crippen molar-refractivity contribution >= 4 is 23.1 Å². The van der Waals surface area contributed by atoms with Gasteiger partial charge in [-0.3, -0.25) is 14.3 Å². The molecule has 0 amide bonds. The second kappa shape index (κ2) is 6.05. The molecule has 0 bridgehead atoms. The van der Waals surface area contributed by atoms with Crippen LogP contribution in [0, 0.1) is 6.92 Å². The molecule has 3 aromatic rings. The number of nitrogens with zero attached hydrogens (tertiary/aromatic N) is 4. The second-order valence-electron chi connectivity index (χ2n) is 5.70. The summed E-state index contributed by atoms with van der Waals surface area (Å²) in [7, 11) is 0. The molecule has 0 spiro atoms. The van der Waals surface area contributed by atoms with E-state index in [4.69, 9.17) is 0 Å². The maximum atomic E-state index is 12.7. The van der Waals surface area contributed by atoms with Crippen LogP contribution in [0.5, 0.6) is 0 Å². The summed E-state index contributed by atoms with van der Waals surface area (Å²) in [6.07, 6.45) is 3.55. The number of hydrogen-bond acceptors (Lipinski definition) is 5. The van der Waals surface area contributed by atoms with Crippen LogP contribution in [0.3, 0.4) is 0 Å². The highest BCUT2D eigenvalue weighted by atomic mass is 32.1. The minimum atomic E-state index is -0.0128. The van der Waals surface area contributed by atoms with Gasteiger partial charge in [-0.2, -0.15) is 0 Å². The quantitative estimate of drug-likeness (QED) is 0.713. The first-order chi connectivity index (χ1) is 11.7. The molecule has 0 saturated heterocycles. The lowest BCUT2D eigenvalue weighted by Crippen LogP contribution is -2.42. The summed E-state index contributed by atoms with van der Waals surface area (Å²) < 4.78 is 2.39. The zero-order valence-corrected chi connectivity index (χ0v) is 14.0. The predicted octanol–water partition coefficient (Wildman–Crippen LogP) is 1.50. The Hall–Kier alpha value is -2.73. The molecular weight excluding hydrogens is 320 g/mol. The Morgan fingerprint density at radius 3 is 2.75 bits per heavy atom. The molecule has 0 unspecified atom stereocenters. The largest absolute Gasteiger partial charge is 0.334 e. The molecule has 24 heavy (non-hydrogen) atoms. The maximum absolute atomic E-state index is 12.7. The van der Waals surface area contributed by atoms with Crippen molar-refractivity contribution in [2.45, 2.75) is 13.6 Å². The summed E-state index contributed by atoms with van der Waals surface area (Å²) in [5.41, 5.74) is 3.06. The van der Waals surface area contributed by atoms with E-state index in [2.05, 4.69) is 46.1 Å². The molecule has 4 rings (SSSR count). The van der Waals surface area contributed by atoms with Gasteiger partial charge in [0.15, 0.2) is 4.80 Å². The number of rotatable bonds is 2. The van der Waals surface area contributed by atoms with Crippen molar-refractivity contribution in [1.82, 2.24) is 9.55 Å². The number of thiazole rings is 1. The van der Waals surface area contributed by atoms with Crippen LogP contribution in [0.4, 0.5) is 5.69 Å². The van der Waals surface area contributed by atoms with Gasteiger partial charge in [-0.25, -0.2) is 4.99 Å². The minimum Gasteiger partial charge on any atom is -0.334 e. The molecule has 5 nitrogen and oxygen atoms in total. The van der Waals surface area contributed by atoms with Gasteiger partial charge < -0.3 is 4.90 Å². The van der Waals surface area contributed by atoms with E-state index in [9.17, 15) is 4.79 Å². The van der Waals surface area contributed by atoms with Gasteiger partial charge in [0.05, 0.1) is 10.2 Å². The van der Waals surface area contributed by atoms with E-state index < -0.39 is 0 Å². The first kappa shape index (κ1) is 14.8. The average Bonchev–Trinajstić information content (AvgIpc) is 2.92. The van der Waals surface area contributed by atoms with Crippen LogP contribution in [0.1, 0.15) is 11.3 Å². The summed E-state index contributed by atoms with van der Waals surface area (Å²) in [5, 5.41) is 0. The number of aryl methyl sites for hydroxylation is 1. The number of hydrogen-bond donors (Lipinski definition) is 0. The third-order valence-corrected chi connectivity index (χ3v) is 4.99. The topological polar surface area (TPSA) is 50.5 Å². The van der Waals surface area contributed by atoms with Crippen LogP contribution in [0.25, 0.3) is 6.08 Å². The lowest BCUT2D eigenvalue weighted by atomic mass is 10.2. The molecule has 0 saturated carbocycles. The van der Waals surface area contributed by atoms with Crippen molar-refractivity contribution in [2.75, 3.05) is 11.6 Å². The molecule has 2 aromatic heterocycles. The van der Waals surface area contributed by atoms with E-state index in [1.165, 1.54) is 16.9 Å². The lowest BCUT2D eigenvalue weighted by molar-refractivity contribution is 0.569.